The predicted molar refractivity (Wildman–Crippen MR) is 95.0 cm³/mol. The van der Waals surface area contributed by atoms with Gasteiger partial charge in [0.2, 0.25) is 11.8 Å². The van der Waals surface area contributed by atoms with Crippen molar-refractivity contribution in [3.63, 3.8) is 0 Å². The lowest BCUT2D eigenvalue weighted by molar-refractivity contribution is -0.124. The number of benzene rings is 1. The summed E-state index contributed by atoms with van der Waals surface area (Å²) in [6.07, 6.45) is 0.912. The Morgan fingerprint density at radius 3 is 2.43 bits per heavy atom. The van der Waals surface area contributed by atoms with Gasteiger partial charge in [0, 0.05) is 23.6 Å². The molecule has 23 heavy (non-hydrogen) atoms. The second-order valence-corrected chi connectivity index (χ2v) is 6.50. The van der Waals surface area contributed by atoms with Gasteiger partial charge in [-0.2, -0.15) is 5.10 Å². The van der Waals surface area contributed by atoms with Crippen molar-refractivity contribution in [1.29, 1.82) is 0 Å². The zero-order valence-corrected chi connectivity index (χ0v) is 15.0. The van der Waals surface area contributed by atoms with Crippen molar-refractivity contribution < 1.29 is 9.59 Å². The Bertz CT molecular complexity index is 601. The van der Waals surface area contributed by atoms with Gasteiger partial charge in [-0.05, 0) is 37.5 Å². The average molecular weight is 358 g/mol. The molecule has 0 saturated carbocycles. The Morgan fingerprint density at radius 2 is 1.83 bits per heavy atom. The van der Waals surface area contributed by atoms with E-state index in [1.54, 1.807) is 12.1 Å². The lowest BCUT2D eigenvalue weighted by atomic mass is 10.1. The van der Waals surface area contributed by atoms with Crippen LogP contribution in [0.1, 0.15) is 40.0 Å². The topological polar surface area (TPSA) is 70.6 Å². The molecule has 0 aliphatic heterocycles. The zero-order chi connectivity index (χ0) is 17.4. The van der Waals surface area contributed by atoms with Gasteiger partial charge >= 0.3 is 0 Å². The molecule has 0 atom stereocenters. The lowest BCUT2D eigenvalue weighted by Crippen LogP contribution is -2.22. The van der Waals surface area contributed by atoms with Gasteiger partial charge in [-0.25, -0.2) is 5.43 Å². The molecule has 1 rings (SSSR count). The molecule has 0 spiro atoms. The Balaban J connectivity index is 2.39. The van der Waals surface area contributed by atoms with Crippen molar-refractivity contribution >= 4 is 46.4 Å². The monoisotopic (exact) mass is 357 g/mol. The molecule has 0 bridgehead atoms. The van der Waals surface area contributed by atoms with Crippen LogP contribution in [0.15, 0.2) is 23.3 Å². The molecular weight excluding hydrogens is 337 g/mol. The van der Waals surface area contributed by atoms with E-state index in [0.29, 0.717) is 21.7 Å². The molecule has 0 fully saturated rings. The molecule has 1 aromatic carbocycles. The number of anilines is 1. The molecule has 0 unspecified atom stereocenters. The predicted octanol–water partition coefficient (Wildman–Crippen LogP) is 4.25. The molecule has 5 nitrogen and oxygen atoms in total. The molecule has 0 aliphatic rings. The number of hydrazone groups is 1. The molecule has 0 heterocycles. The maximum atomic E-state index is 11.8. The Morgan fingerprint density at radius 1 is 1.17 bits per heavy atom. The minimum Gasteiger partial charge on any atom is -0.325 e. The summed E-state index contributed by atoms with van der Waals surface area (Å²) in [6.45, 7) is 6.01. The number of halogens is 2. The van der Waals surface area contributed by atoms with Crippen molar-refractivity contribution in [2.24, 2.45) is 11.0 Å². The van der Waals surface area contributed by atoms with E-state index in [0.717, 1.165) is 12.1 Å². The number of carbonyl (C=O) groups excluding carboxylic acids is 2. The second kappa shape index (κ2) is 9.53. The smallest absolute Gasteiger partial charge is 0.240 e. The van der Waals surface area contributed by atoms with Crippen LogP contribution in [0.4, 0.5) is 5.69 Å². The Hall–Kier alpha value is -1.59. The number of amides is 2. The van der Waals surface area contributed by atoms with E-state index in [1.165, 1.54) is 6.07 Å². The lowest BCUT2D eigenvalue weighted by Gasteiger charge is -2.07. The molecule has 0 aliphatic carbocycles. The summed E-state index contributed by atoms with van der Waals surface area (Å²) >= 11 is 11.8. The van der Waals surface area contributed by atoms with Crippen molar-refractivity contribution in [3.05, 3.63) is 28.2 Å². The highest BCUT2D eigenvalue weighted by molar-refractivity contribution is 6.36. The first-order valence-electron chi connectivity index (χ1n) is 7.35. The van der Waals surface area contributed by atoms with Crippen LogP contribution in [0.25, 0.3) is 0 Å². The Kier molecular flexibility index (Phi) is 8.06. The summed E-state index contributed by atoms with van der Waals surface area (Å²) in [5.41, 5.74) is 3.77. The van der Waals surface area contributed by atoms with Gasteiger partial charge in [-0.15, -0.1) is 0 Å². The highest BCUT2D eigenvalue weighted by Crippen LogP contribution is 2.25. The van der Waals surface area contributed by atoms with Gasteiger partial charge in [0.1, 0.15) is 0 Å². The van der Waals surface area contributed by atoms with E-state index in [9.17, 15) is 9.59 Å². The largest absolute Gasteiger partial charge is 0.325 e. The first-order chi connectivity index (χ1) is 10.8. The van der Waals surface area contributed by atoms with E-state index in [2.05, 4.69) is 29.7 Å². The van der Waals surface area contributed by atoms with Gasteiger partial charge in [-0.1, -0.05) is 37.0 Å². The molecule has 2 amide bonds. The van der Waals surface area contributed by atoms with Crippen LogP contribution in [0, 0.1) is 5.92 Å². The fourth-order valence-corrected chi connectivity index (χ4v) is 2.34. The first-order valence-corrected chi connectivity index (χ1v) is 8.10. The van der Waals surface area contributed by atoms with Crippen LogP contribution in [0.2, 0.25) is 10.0 Å². The number of nitrogens with zero attached hydrogens (tertiary/aromatic N) is 1. The summed E-state index contributed by atoms with van der Waals surface area (Å²) in [6, 6.07) is 4.78. The second-order valence-electron chi connectivity index (χ2n) is 5.65. The number of nitrogens with one attached hydrogen (secondary N) is 2. The Labute approximate surface area is 146 Å². The van der Waals surface area contributed by atoms with Crippen LogP contribution >= 0.6 is 23.2 Å². The minimum atomic E-state index is -0.301. The minimum absolute atomic E-state index is 0.0452. The standard InChI is InChI=1S/C16H21Cl2N3O2/c1-10(2)8-11(3)20-21-16(23)7-6-15(22)19-14-5-4-12(17)9-13(14)18/h4-5,9-10H,6-8H2,1-3H3,(H,19,22)(H,21,23). The van der Waals surface area contributed by atoms with E-state index in [1.807, 2.05) is 6.92 Å². The van der Waals surface area contributed by atoms with Crippen molar-refractivity contribution in [2.75, 3.05) is 5.32 Å². The highest BCUT2D eigenvalue weighted by Gasteiger charge is 2.09. The van der Waals surface area contributed by atoms with Gasteiger partial charge in [0.25, 0.3) is 0 Å². The molecular formula is C16H21Cl2N3O2. The van der Waals surface area contributed by atoms with Crippen molar-refractivity contribution in [2.45, 2.75) is 40.0 Å². The quantitative estimate of drug-likeness (QED) is 0.565. The fraction of sp³-hybridized carbons (Fsp3) is 0.438. The SMILES string of the molecule is CC(CC(C)C)=NNC(=O)CCC(=O)Nc1ccc(Cl)cc1Cl. The average Bonchev–Trinajstić information content (AvgIpc) is 2.45. The molecule has 2 N–H and O–H groups in total. The first kappa shape index (κ1) is 19.5. The molecule has 0 radical (unpaired) electrons. The number of rotatable bonds is 7. The van der Waals surface area contributed by atoms with Crippen molar-refractivity contribution in [1.82, 2.24) is 5.43 Å². The highest BCUT2D eigenvalue weighted by atomic mass is 35.5. The van der Waals surface area contributed by atoms with Crippen LogP contribution in [-0.4, -0.2) is 17.5 Å². The third kappa shape index (κ3) is 8.00. The molecule has 0 saturated heterocycles. The maximum Gasteiger partial charge on any atom is 0.240 e. The third-order valence-corrected chi connectivity index (χ3v) is 3.41. The number of carbonyl (C=O) groups is 2. The zero-order valence-electron chi connectivity index (χ0n) is 13.5. The molecule has 7 heteroatoms. The van der Waals surface area contributed by atoms with E-state index < -0.39 is 0 Å². The number of hydrogen-bond donors (Lipinski definition) is 2. The van der Waals surface area contributed by atoms with Gasteiger partial charge < -0.3 is 5.32 Å². The van der Waals surface area contributed by atoms with Gasteiger partial charge in [-0.3, -0.25) is 9.59 Å². The summed E-state index contributed by atoms with van der Waals surface area (Å²) in [5, 5.41) is 7.48. The van der Waals surface area contributed by atoms with Crippen LogP contribution < -0.4 is 10.7 Å². The van der Waals surface area contributed by atoms with E-state index in [4.69, 9.17) is 23.2 Å². The van der Waals surface area contributed by atoms with Crippen LogP contribution in [-0.2, 0) is 9.59 Å². The van der Waals surface area contributed by atoms with Crippen molar-refractivity contribution in [3.8, 4) is 0 Å². The van der Waals surface area contributed by atoms with Gasteiger partial charge in [0.15, 0.2) is 0 Å². The maximum absolute atomic E-state index is 11.8. The molecule has 1 aromatic rings. The van der Waals surface area contributed by atoms with Crippen LogP contribution in [0.3, 0.4) is 0 Å². The summed E-state index contributed by atoms with van der Waals surface area (Å²) in [5.74, 6) is -0.122. The van der Waals surface area contributed by atoms with Crippen LogP contribution in [0.5, 0.6) is 0 Å². The summed E-state index contributed by atoms with van der Waals surface area (Å²) in [4.78, 5) is 23.5. The molecule has 126 valence electrons. The number of hydrogen-bond acceptors (Lipinski definition) is 3. The van der Waals surface area contributed by atoms with E-state index >= 15 is 0 Å². The normalized spacial score (nSPS) is 11.5. The van der Waals surface area contributed by atoms with E-state index in [-0.39, 0.29) is 24.7 Å². The molecule has 0 aromatic heterocycles. The summed E-state index contributed by atoms with van der Waals surface area (Å²) in [7, 11) is 0. The van der Waals surface area contributed by atoms with Gasteiger partial charge in [0.05, 0.1) is 10.7 Å². The third-order valence-electron chi connectivity index (χ3n) is 2.86. The summed E-state index contributed by atoms with van der Waals surface area (Å²) < 4.78 is 0. The fourth-order valence-electron chi connectivity index (χ4n) is 1.88.